The Morgan fingerprint density at radius 1 is 1.50 bits per heavy atom. The van der Waals surface area contributed by atoms with Crippen molar-refractivity contribution in [3.8, 4) is 0 Å². The first kappa shape index (κ1) is 5.80. The molecule has 0 spiro atoms. The first-order chi connectivity index (χ1) is 4.86. The van der Waals surface area contributed by atoms with Gasteiger partial charge in [-0.3, -0.25) is 0 Å². The standard InChI is InChI=1S/C7H3FNS/c8-5-1-2-6-7(3-5)10-4-9-6/h1-2,4H. The summed E-state index contributed by atoms with van der Waals surface area (Å²) in [7, 11) is 0. The van der Waals surface area contributed by atoms with Crippen molar-refractivity contribution < 1.29 is 4.39 Å². The normalized spacial score (nSPS) is 10.5. The van der Waals surface area contributed by atoms with Gasteiger partial charge in [-0.25, -0.2) is 9.37 Å². The largest absolute Gasteiger partial charge is 0.245 e. The maximum Gasteiger partial charge on any atom is 0.132 e. The molecule has 0 aliphatic carbocycles. The number of thiazole rings is 1. The Hall–Kier alpha value is -0.960. The Bertz CT molecular complexity index is 355. The SMILES string of the molecule is Fc1[c]c2scnc2cc1. The molecule has 0 unspecified atom stereocenters. The van der Waals surface area contributed by atoms with Gasteiger partial charge in [-0.1, -0.05) is 0 Å². The molecule has 0 saturated heterocycles. The van der Waals surface area contributed by atoms with Gasteiger partial charge in [0.05, 0.1) is 15.7 Å². The first-order valence-corrected chi connectivity index (χ1v) is 3.65. The molecular formula is C7H3FNS. The van der Waals surface area contributed by atoms with E-state index in [-0.39, 0.29) is 5.82 Å². The number of fused-ring (bicyclic) bond motifs is 1. The fourth-order valence-electron chi connectivity index (χ4n) is 0.769. The van der Waals surface area contributed by atoms with Crippen molar-refractivity contribution in [2.24, 2.45) is 0 Å². The van der Waals surface area contributed by atoms with E-state index in [2.05, 4.69) is 11.1 Å². The molecule has 1 aromatic heterocycles. The molecule has 0 fully saturated rings. The third kappa shape index (κ3) is 0.789. The number of rotatable bonds is 0. The van der Waals surface area contributed by atoms with Gasteiger partial charge in [-0.15, -0.1) is 11.3 Å². The zero-order valence-electron chi connectivity index (χ0n) is 4.97. The molecule has 0 aliphatic heterocycles. The van der Waals surface area contributed by atoms with Crippen LogP contribution in [-0.2, 0) is 0 Å². The Morgan fingerprint density at radius 2 is 2.40 bits per heavy atom. The fraction of sp³-hybridized carbons (Fsp3) is 0. The van der Waals surface area contributed by atoms with E-state index >= 15 is 0 Å². The third-order valence-corrected chi connectivity index (χ3v) is 1.97. The van der Waals surface area contributed by atoms with Crippen molar-refractivity contribution in [3.05, 3.63) is 29.5 Å². The van der Waals surface area contributed by atoms with Gasteiger partial charge >= 0.3 is 0 Å². The van der Waals surface area contributed by atoms with E-state index < -0.39 is 0 Å². The van der Waals surface area contributed by atoms with Crippen LogP contribution in [0.15, 0.2) is 17.6 Å². The second kappa shape index (κ2) is 2.02. The first-order valence-electron chi connectivity index (χ1n) is 2.77. The summed E-state index contributed by atoms with van der Waals surface area (Å²) in [6.45, 7) is 0. The summed E-state index contributed by atoms with van der Waals surface area (Å²) >= 11 is 1.39. The molecule has 0 N–H and O–H groups in total. The summed E-state index contributed by atoms with van der Waals surface area (Å²) in [5.41, 5.74) is 2.49. The summed E-state index contributed by atoms with van der Waals surface area (Å²) in [5.74, 6) is -0.322. The highest BCUT2D eigenvalue weighted by Gasteiger charge is 1.96. The van der Waals surface area contributed by atoms with Crippen molar-refractivity contribution in [2.45, 2.75) is 0 Å². The quantitative estimate of drug-likeness (QED) is 0.564. The summed E-state index contributed by atoms with van der Waals surface area (Å²) < 4.78 is 13.2. The van der Waals surface area contributed by atoms with Crippen molar-refractivity contribution in [3.63, 3.8) is 0 Å². The zero-order valence-corrected chi connectivity index (χ0v) is 5.78. The van der Waals surface area contributed by atoms with Crippen LogP contribution in [0.4, 0.5) is 4.39 Å². The van der Waals surface area contributed by atoms with Gasteiger partial charge in [0.15, 0.2) is 0 Å². The van der Waals surface area contributed by atoms with Crippen LogP contribution in [0.5, 0.6) is 0 Å². The van der Waals surface area contributed by atoms with Crippen LogP contribution in [0.1, 0.15) is 0 Å². The highest BCUT2D eigenvalue weighted by molar-refractivity contribution is 7.16. The minimum absolute atomic E-state index is 0.322. The van der Waals surface area contributed by atoms with E-state index in [1.54, 1.807) is 11.6 Å². The smallest absolute Gasteiger partial charge is 0.132 e. The Kier molecular flexibility index (Phi) is 1.17. The van der Waals surface area contributed by atoms with Crippen molar-refractivity contribution >= 4 is 21.6 Å². The van der Waals surface area contributed by atoms with E-state index in [0.29, 0.717) is 0 Å². The van der Waals surface area contributed by atoms with Crippen molar-refractivity contribution in [1.29, 1.82) is 0 Å². The molecule has 0 aliphatic rings. The molecule has 1 nitrogen and oxygen atoms in total. The topological polar surface area (TPSA) is 12.9 Å². The van der Waals surface area contributed by atoms with Crippen LogP contribution in [-0.4, -0.2) is 4.98 Å². The molecule has 0 saturated carbocycles. The van der Waals surface area contributed by atoms with E-state index in [0.717, 1.165) is 10.2 Å². The van der Waals surface area contributed by atoms with E-state index in [9.17, 15) is 4.39 Å². The lowest BCUT2D eigenvalue weighted by Gasteiger charge is -1.84. The maximum absolute atomic E-state index is 12.4. The Morgan fingerprint density at radius 3 is 3.30 bits per heavy atom. The van der Waals surface area contributed by atoms with Crippen molar-refractivity contribution in [1.82, 2.24) is 4.98 Å². The lowest BCUT2D eigenvalue weighted by Crippen LogP contribution is -1.71. The highest BCUT2D eigenvalue weighted by atomic mass is 32.1. The second-order valence-corrected chi connectivity index (χ2v) is 2.73. The van der Waals surface area contributed by atoms with Gasteiger partial charge in [-0.2, -0.15) is 0 Å². The molecule has 3 heteroatoms. The predicted octanol–water partition coefficient (Wildman–Crippen LogP) is 2.24. The maximum atomic E-state index is 12.4. The second-order valence-electron chi connectivity index (χ2n) is 1.87. The number of aromatic nitrogens is 1. The van der Waals surface area contributed by atoms with Gasteiger partial charge in [0.2, 0.25) is 0 Å². The minimum Gasteiger partial charge on any atom is -0.245 e. The average molecular weight is 152 g/mol. The molecule has 1 aromatic carbocycles. The Balaban J connectivity index is 2.86. The molecule has 0 atom stereocenters. The summed E-state index contributed by atoms with van der Waals surface area (Å²) in [4.78, 5) is 3.98. The molecule has 0 amide bonds. The number of benzene rings is 1. The summed E-state index contributed by atoms with van der Waals surface area (Å²) in [6.07, 6.45) is 0. The lowest BCUT2D eigenvalue weighted by molar-refractivity contribution is 0.628. The van der Waals surface area contributed by atoms with Gasteiger partial charge in [0.25, 0.3) is 0 Å². The van der Waals surface area contributed by atoms with Crippen LogP contribution in [0.2, 0.25) is 0 Å². The molecule has 1 radical (unpaired) electrons. The van der Waals surface area contributed by atoms with Crippen LogP contribution in [0, 0.1) is 11.9 Å². The lowest BCUT2D eigenvalue weighted by atomic mass is 10.3. The van der Waals surface area contributed by atoms with Crippen LogP contribution < -0.4 is 0 Å². The predicted molar refractivity (Wildman–Crippen MR) is 38.4 cm³/mol. The highest BCUT2D eigenvalue weighted by Crippen LogP contribution is 2.16. The van der Waals surface area contributed by atoms with Gasteiger partial charge < -0.3 is 0 Å². The number of halogens is 1. The average Bonchev–Trinajstić information content (AvgIpc) is 2.33. The van der Waals surface area contributed by atoms with E-state index in [1.165, 1.54) is 17.4 Å². The fourth-order valence-corrected chi connectivity index (χ4v) is 1.44. The van der Waals surface area contributed by atoms with Gasteiger partial charge in [0.1, 0.15) is 5.82 Å². The van der Waals surface area contributed by atoms with Crippen LogP contribution in [0.25, 0.3) is 10.2 Å². The molecule has 0 bridgehead atoms. The van der Waals surface area contributed by atoms with Crippen molar-refractivity contribution in [2.75, 3.05) is 0 Å². The summed E-state index contributed by atoms with van der Waals surface area (Å²) in [6, 6.07) is 5.57. The molecule has 49 valence electrons. The molecule has 2 aromatic rings. The molecule has 10 heavy (non-hydrogen) atoms. The Labute approximate surface area is 61.1 Å². The third-order valence-electron chi connectivity index (χ3n) is 1.22. The number of hydrogen-bond acceptors (Lipinski definition) is 2. The number of nitrogens with zero attached hydrogens (tertiary/aromatic N) is 1. The van der Waals surface area contributed by atoms with Gasteiger partial charge in [0, 0.05) is 6.07 Å². The van der Waals surface area contributed by atoms with Crippen LogP contribution in [0.3, 0.4) is 0 Å². The number of hydrogen-bond donors (Lipinski definition) is 0. The van der Waals surface area contributed by atoms with E-state index in [1.807, 2.05) is 0 Å². The molecular weight excluding hydrogens is 149 g/mol. The van der Waals surface area contributed by atoms with Crippen LogP contribution >= 0.6 is 11.3 Å². The monoisotopic (exact) mass is 152 g/mol. The van der Waals surface area contributed by atoms with Gasteiger partial charge in [-0.05, 0) is 12.1 Å². The molecule has 1 heterocycles. The van der Waals surface area contributed by atoms with E-state index in [4.69, 9.17) is 0 Å². The minimum atomic E-state index is -0.322. The summed E-state index contributed by atoms with van der Waals surface area (Å²) in [5, 5.41) is 0. The molecule has 2 rings (SSSR count). The zero-order chi connectivity index (χ0) is 6.97.